The Hall–Kier alpha value is -1.06. The highest BCUT2D eigenvalue weighted by atomic mass is 16.5. The molecule has 1 atom stereocenters. The van der Waals surface area contributed by atoms with E-state index in [-0.39, 0.29) is 6.10 Å². The minimum absolute atomic E-state index is 0.151. The molecule has 1 aromatic carbocycles. The first kappa shape index (κ1) is 13.4. The number of benzene rings is 1. The van der Waals surface area contributed by atoms with Gasteiger partial charge in [-0.15, -0.1) is 0 Å². The third-order valence-corrected chi connectivity index (χ3v) is 3.46. The predicted molar refractivity (Wildman–Crippen MR) is 73.0 cm³/mol. The van der Waals surface area contributed by atoms with Crippen molar-refractivity contribution in [2.45, 2.75) is 32.3 Å². The van der Waals surface area contributed by atoms with Gasteiger partial charge in [-0.1, -0.05) is 19.1 Å². The number of β-amino-alcohol motifs (C(OH)–C–C–N with tert-alkyl or cyclic N) is 1. The maximum absolute atomic E-state index is 9.58. The minimum Gasteiger partial charge on any atom is -0.492 e. The van der Waals surface area contributed by atoms with Crippen LogP contribution >= 0.6 is 0 Å². The molecular formula is C15H23NO2. The van der Waals surface area contributed by atoms with Gasteiger partial charge in [0.15, 0.2) is 0 Å². The van der Waals surface area contributed by atoms with Gasteiger partial charge in [0.1, 0.15) is 12.4 Å². The molecule has 1 saturated heterocycles. The highest BCUT2D eigenvalue weighted by Crippen LogP contribution is 2.14. The molecule has 0 spiro atoms. The Morgan fingerprint density at radius 1 is 1.44 bits per heavy atom. The van der Waals surface area contributed by atoms with Crippen molar-refractivity contribution in [3.63, 3.8) is 0 Å². The van der Waals surface area contributed by atoms with Crippen molar-refractivity contribution in [2.24, 2.45) is 0 Å². The van der Waals surface area contributed by atoms with Crippen LogP contribution in [0.4, 0.5) is 0 Å². The Bertz CT molecular complexity index is 367. The summed E-state index contributed by atoms with van der Waals surface area (Å²) in [6.45, 7) is 5.61. The number of hydrogen-bond donors (Lipinski definition) is 1. The molecule has 2 rings (SSSR count). The molecule has 100 valence electrons. The fourth-order valence-electron chi connectivity index (χ4n) is 2.38. The van der Waals surface area contributed by atoms with Gasteiger partial charge in [0, 0.05) is 13.1 Å². The van der Waals surface area contributed by atoms with E-state index < -0.39 is 0 Å². The van der Waals surface area contributed by atoms with Gasteiger partial charge in [0.2, 0.25) is 0 Å². The van der Waals surface area contributed by atoms with Gasteiger partial charge in [-0.2, -0.15) is 0 Å². The summed E-state index contributed by atoms with van der Waals surface area (Å²) in [6.07, 6.45) is 2.92. The lowest BCUT2D eigenvalue weighted by atomic mass is 10.1. The summed E-state index contributed by atoms with van der Waals surface area (Å²) in [7, 11) is 0. The van der Waals surface area contributed by atoms with E-state index in [9.17, 15) is 5.11 Å². The van der Waals surface area contributed by atoms with Crippen LogP contribution in [0.15, 0.2) is 24.3 Å². The number of rotatable bonds is 5. The highest BCUT2D eigenvalue weighted by molar-refractivity contribution is 5.28. The van der Waals surface area contributed by atoms with Crippen LogP contribution in [-0.2, 0) is 6.42 Å². The van der Waals surface area contributed by atoms with Crippen LogP contribution in [0.2, 0.25) is 0 Å². The smallest absolute Gasteiger partial charge is 0.119 e. The molecule has 1 aromatic rings. The van der Waals surface area contributed by atoms with E-state index in [4.69, 9.17) is 4.74 Å². The molecule has 0 aromatic heterocycles. The summed E-state index contributed by atoms with van der Waals surface area (Å²) in [5, 5.41) is 9.58. The molecule has 1 fully saturated rings. The second kappa shape index (κ2) is 6.76. The van der Waals surface area contributed by atoms with Gasteiger partial charge in [0.05, 0.1) is 6.10 Å². The fraction of sp³-hybridized carbons (Fsp3) is 0.600. The van der Waals surface area contributed by atoms with Crippen molar-refractivity contribution in [2.75, 3.05) is 26.2 Å². The monoisotopic (exact) mass is 249 g/mol. The summed E-state index contributed by atoms with van der Waals surface area (Å²) in [5.41, 5.74) is 1.31. The molecule has 3 heteroatoms. The lowest BCUT2D eigenvalue weighted by Gasteiger charge is -2.29. The molecule has 0 saturated carbocycles. The first-order valence-electron chi connectivity index (χ1n) is 6.90. The Morgan fingerprint density at radius 2 is 2.33 bits per heavy atom. The van der Waals surface area contributed by atoms with E-state index in [0.717, 1.165) is 44.6 Å². The van der Waals surface area contributed by atoms with Crippen LogP contribution in [0.25, 0.3) is 0 Å². The van der Waals surface area contributed by atoms with E-state index in [1.165, 1.54) is 5.56 Å². The van der Waals surface area contributed by atoms with E-state index in [1.807, 2.05) is 12.1 Å². The number of ether oxygens (including phenoxy) is 1. The van der Waals surface area contributed by atoms with Crippen molar-refractivity contribution in [1.29, 1.82) is 0 Å². The number of hydrogen-bond acceptors (Lipinski definition) is 3. The topological polar surface area (TPSA) is 32.7 Å². The standard InChI is InChI=1S/C15H23NO2/c1-2-13-5-3-7-15(11-13)18-10-9-16-8-4-6-14(17)12-16/h3,5,7,11,14,17H,2,4,6,8-10,12H2,1H3. The van der Waals surface area contributed by atoms with Crippen LogP contribution < -0.4 is 4.74 Å². The molecule has 3 nitrogen and oxygen atoms in total. The van der Waals surface area contributed by atoms with E-state index in [0.29, 0.717) is 6.61 Å². The van der Waals surface area contributed by atoms with E-state index >= 15 is 0 Å². The number of aryl methyl sites for hydroxylation is 1. The van der Waals surface area contributed by atoms with Gasteiger partial charge < -0.3 is 9.84 Å². The van der Waals surface area contributed by atoms with Crippen molar-refractivity contribution in [3.8, 4) is 5.75 Å². The molecule has 1 aliphatic heterocycles. The number of piperidine rings is 1. The lowest BCUT2D eigenvalue weighted by Crippen LogP contribution is -2.40. The zero-order chi connectivity index (χ0) is 12.8. The number of aliphatic hydroxyl groups is 1. The maximum atomic E-state index is 9.58. The summed E-state index contributed by atoms with van der Waals surface area (Å²) in [6, 6.07) is 8.27. The highest BCUT2D eigenvalue weighted by Gasteiger charge is 2.16. The third kappa shape index (κ3) is 4.00. The van der Waals surface area contributed by atoms with Gasteiger partial charge >= 0.3 is 0 Å². The van der Waals surface area contributed by atoms with Crippen LogP contribution in [-0.4, -0.2) is 42.4 Å². The predicted octanol–water partition coefficient (Wildman–Crippen LogP) is 2.08. The molecule has 0 bridgehead atoms. The molecule has 18 heavy (non-hydrogen) atoms. The van der Waals surface area contributed by atoms with Crippen molar-refractivity contribution >= 4 is 0 Å². The van der Waals surface area contributed by atoms with Gasteiger partial charge in [0.25, 0.3) is 0 Å². The Balaban J connectivity index is 1.74. The maximum Gasteiger partial charge on any atom is 0.119 e. The summed E-state index contributed by atoms with van der Waals surface area (Å²) in [5.74, 6) is 0.951. The molecule has 1 aliphatic rings. The molecular weight excluding hydrogens is 226 g/mol. The van der Waals surface area contributed by atoms with Crippen LogP contribution in [0.3, 0.4) is 0 Å². The van der Waals surface area contributed by atoms with Crippen molar-refractivity contribution < 1.29 is 9.84 Å². The second-order valence-corrected chi connectivity index (χ2v) is 4.95. The zero-order valence-electron chi connectivity index (χ0n) is 11.1. The summed E-state index contributed by atoms with van der Waals surface area (Å²) in [4.78, 5) is 2.28. The van der Waals surface area contributed by atoms with Gasteiger partial charge in [-0.05, 0) is 43.5 Å². The van der Waals surface area contributed by atoms with Crippen LogP contribution in [0.1, 0.15) is 25.3 Å². The normalized spacial score (nSPS) is 20.9. The largest absolute Gasteiger partial charge is 0.492 e. The van der Waals surface area contributed by atoms with Gasteiger partial charge in [-0.25, -0.2) is 0 Å². The SMILES string of the molecule is CCc1cccc(OCCN2CCCC(O)C2)c1. The fourth-order valence-corrected chi connectivity index (χ4v) is 2.38. The Labute approximate surface area is 109 Å². The average molecular weight is 249 g/mol. The molecule has 0 amide bonds. The Kier molecular flexibility index (Phi) is 5.02. The Morgan fingerprint density at radius 3 is 3.11 bits per heavy atom. The van der Waals surface area contributed by atoms with Crippen molar-refractivity contribution in [3.05, 3.63) is 29.8 Å². The van der Waals surface area contributed by atoms with Crippen LogP contribution in [0.5, 0.6) is 5.75 Å². The number of nitrogens with zero attached hydrogens (tertiary/aromatic N) is 1. The number of likely N-dealkylation sites (tertiary alicyclic amines) is 1. The first-order valence-corrected chi connectivity index (χ1v) is 6.90. The third-order valence-electron chi connectivity index (χ3n) is 3.46. The molecule has 1 heterocycles. The molecule has 0 radical (unpaired) electrons. The molecule has 0 aliphatic carbocycles. The molecule has 1 unspecified atom stereocenters. The van der Waals surface area contributed by atoms with Gasteiger partial charge in [-0.3, -0.25) is 4.90 Å². The first-order chi connectivity index (χ1) is 8.78. The van der Waals surface area contributed by atoms with E-state index in [1.54, 1.807) is 0 Å². The molecule has 1 N–H and O–H groups in total. The number of aliphatic hydroxyl groups excluding tert-OH is 1. The van der Waals surface area contributed by atoms with E-state index in [2.05, 4.69) is 24.0 Å². The lowest BCUT2D eigenvalue weighted by molar-refractivity contribution is 0.0633. The quantitative estimate of drug-likeness (QED) is 0.867. The minimum atomic E-state index is -0.151. The second-order valence-electron chi connectivity index (χ2n) is 4.95. The summed E-state index contributed by atoms with van der Waals surface area (Å²) < 4.78 is 5.76. The average Bonchev–Trinajstić information content (AvgIpc) is 2.39. The zero-order valence-corrected chi connectivity index (χ0v) is 11.1. The van der Waals surface area contributed by atoms with Crippen LogP contribution in [0, 0.1) is 0 Å². The van der Waals surface area contributed by atoms with Crippen molar-refractivity contribution in [1.82, 2.24) is 4.90 Å². The summed E-state index contributed by atoms with van der Waals surface area (Å²) >= 11 is 0.